The molecule has 25 heavy (non-hydrogen) atoms. The Morgan fingerprint density at radius 3 is 2.04 bits per heavy atom. The first-order valence-corrected chi connectivity index (χ1v) is 8.66. The van der Waals surface area contributed by atoms with Gasteiger partial charge in [-0.25, -0.2) is 4.39 Å². The maximum Gasteiger partial charge on any atom is 0.131 e. The van der Waals surface area contributed by atoms with Crippen molar-refractivity contribution < 1.29 is 4.39 Å². The summed E-state index contributed by atoms with van der Waals surface area (Å²) in [6.07, 6.45) is 11.5. The van der Waals surface area contributed by atoms with E-state index in [1.165, 1.54) is 47.2 Å². The van der Waals surface area contributed by atoms with E-state index >= 15 is 0 Å². The van der Waals surface area contributed by atoms with Crippen molar-refractivity contribution >= 4 is 21.5 Å². The van der Waals surface area contributed by atoms with E-state index in [1.54, 1.807) is 30.9 Å². The Balaban J connectivity index is 0.000000223. The molecule has 1 aliphatic rings. The molecule has 0 fully saturated rings. The quantitative estimate of drug-likeness (QED) is 0.399. The fraction of sp³-hybridized carbons (Fsp3) is 0.182. The van der Waals surface area contributed by atoms with Crippen molar-refractivity contribution in [2.24, 2.45) is 0 Å². The normalized spacial score (nSPS) is 13.2. The minimum Gasteiger partial charge on any atom is -0.262 e. The summed E-state index contributed by atoms with van der Waals surface area (Å²) in [5, 5.41) is 4.27. The van der Waals surface area contributed by atoms with Gasteiger partial charge in [0.1, 0.15) is 5.82 Å². The number of aryl methyl sites for hydroxylation is 2. The van der Waals surface area contributed by atoms with E-state index in [4.69, 9.17) is 0 Å². The van der Waals surface area contributed by atoms with Crippen LogP contribution in [0.25, 0.3) is 21.5 Å². The molecule has 0 amide bonds. The number of rotatable bonds is 0. The standard InChI is InChI=1S/C18H15F.C4H4N2/c19-18-7-3-6-14-16-9-8-12-4-1-2-5-13(12)15(16)10-11-17(14)18;1-2-6-4-3-5-1/h3,6-11H,1-2,4-5H2;1-4H. The molecule has 0 saturated carbocycles. The maximum absolute atomic E-state index is 13.9. The lowest BCUT2D eigenvalue weighted by Gasteiger charge is -2.18. The zero-order valence-corrected chi connectivity index (χ0v) is 14.0. The minimum absolute atomic E-state index is 0.128. The first kappa shape index (κ1) is 15.7. The molecular weight excluding hydrogens is 311 g/mol. The fourth-order valence-electron chi connectivity index (χ4n) is 3.64. The van der Waals surface area contributed by atoms with Gasteiger partial charge >= 0.3 is 0 Å². The number of fused-ring (bicyclic) bond motifs is 5. The Morgan fingerprint density at radius 1 is 0.640 bits per heavy atom. The van der Waals surface area contributed by atoms with E-state index in [0.29, 0.717) is 0 Å². The summed E-state index contributed by atoms with van der Waals surface area (Å²) >= 11 is 0. The third-order valence-electron chi connectivity index (χ3n) is 4.81. The largest absolute Gasteiger partial charge is 0.262 e. The molecule has 0 unspecified atom stereocenters. The zero-order valence-electron chi connectivity index (χ0n) is 14.0. The van der Waals surface area contributed by atoms with Crippen LogP contribution in [0, 0.1) is 5.82 Å². The molecule has 1 aliphatic carbocycles. The average molecular weight is 330 g/mol. The molecule has 0 radical (unpaired) electrons. The van der Waals surface area contributed by atoms with E-state index in [1.807, 2.05) is 12.1 Å². The van der Waals surface area contributed by atoms with Gasteiger partial charge in [-0.05, 0) is 59.0 Å². The summed E-state index contributed by atoms with van der Waals surface area (Å²) < 4.78 is 13.9. The summed E-state index contributed by atoms with van der Waals surface area (Å²) in [4.78, 5) is 7.44. The van der Waals surface area contributed by atoms with Crippen molar-refractivity contribution in [2.75, 3.05) is 0 Å². The minimum atomic E-state index is -0.128. The molecule has 3 aromatic carbocycles. The van der Waals surface area contributed by atoms with Gasteiger partial charge in [0, 0.05) is 30.2 Å². The monoisotopic (exact) mass is 330 g/mol. The number of benzene rings is 3. The molecule has 0 atom stereocenters. The maximum atomic E-state index is 13.9. The number of hydrogen-bond acceptors (Lipinski definition) is 2. The highest BCUT2D eigenvalue weighted by Gasteiger charge is 2.14. The number of aromatic nitrogens is 2. The Labute approximate surface area is 146 Å². The van der Waals surface area contributed by atoms with E-state index in [2.05, 4.69) is 28.2 Å². The second kappa shape index (κ2) is 6.98. The van der Waals surface area contributed by atoms with Gasteiger partial charge in [-0.2, -0.15) is 0 Å². The molecule has 5 rings (SSSR count). The lowest BCUT2D eigenvalue weighted by molar-refractivity contribution is 0.640. The van der Waals surface area contributed by atoms with E-state index in [9.17, 15) is 4.39 Å². The van der Waals surface area contributed by atoms with E-state index in [0.717, 1.165) is 17.2 Å². The van der Waals surface area contributed by atoms with Gasteiger partial charge in [-0.3, -0.25) is 9.97 Å². The summed E-state index contributed by atoms with van der Waals surface area (Å²) in [6.45, 7) is 0. The lowest BCUT2D eigenvalue weighted by atomic mass is 9.86. The van der Waals surface area contributed by atoms with Crippen LogP contribution in [0.3, 0.4) is 0 Å². The van der Waals surface area contributed by atoms with Gasteiger partial charge in [0.2, 0.25) is 0 Å². The van der Waals surface area contributed by atoms with Gasteiger partial charge in [0.25, 0.3) is 0 Å². The highest BCUT2D eigenvalue weighted by molar-refractivity contribution is 6.08. The highest BCUT2D eigenvalue weighted by Crippen LogP contribution is 2.33. The van der Waals surface area contributed by atoms with Crippen molar-refractivity contribution in [2.45, 2.75) is 25.7 Å². The van der Waals surface area contributed by atoms with Gasteiger partial charge in [0.05, 0.1) is 0 Å². The van der Waals surface area contributed by atoms with Crippen LogP contribution in [0.4, 0.5) is 4.39 Å². The topological polar surface area (TPSA) is 25.8 Å². The summed E-state index contributed by atoms with van der Waals surface area (Å²) in [5.74, 6) is -0.128. The fourth-order valence-corrected chi connectivity index (χ4v) is 3.64. The van der Waals surface area contributed by atoms with Crippen molar-refractivity contribution in [1.29, 1.82) is 0 Å². The molecule has 4 aromatic rings. The molecule has 0 saturated heterocycles. The van der Waals surface area contributed by atoms with Crippen molar-refractivity contribution in [3.8, 4) is 0 Å². The third kappa shape index (κ3) is 3.10. The Kier molecular flexibility index (Phi) is 4.38. The first-order valence-electron chi connectivity index (χ1n) is 8.66. The van der Waals surface area contributed by atoms with Crippen LogP contribution in [0.5, 0.6) is 0 Å². The second-order valence-corrected chi connectivity index (χ2v) is 6.30. The smallest absolute Gasteiger partial charge is 0.131 e. The summed E-state index contributed by atoms with van der Waals surface area (Å²) in [6, 6.07) is 13.8. The Hall–Kier alpha value is -2.81. The van der Waals surface area contributed by atoms with Crippen molar-refractivity contribution in [3.63, 3.8) is 0 Å². The van der Waals surface area contributed by atoms with Gasteiger partial charge in [0.15, 0.2) is 0 Å². The van der Waals surface area contributed by atoms with Crippen LogP contribution < -0.4 is 0 Å². The Morgan fingerprint density at radius 2 is 1.28 bits per heavy atom. The molecular formula is C22H19FN2. The molecule has 0 spiro atoms. The molecule has 0 bridgehead atoms. The average Bonchev–Trinajstić information content (AvgIpc) is 2.69. The van der Waals surface area contributed by atoms with Crippen LogP contribution in [0.15, 0.2) is 67.3 Å². The van der Waals surface area contributed by atoms with Gasteiger partial charge in [-0.1, -0.05) is 36.4 Å². The highest BCUT2D eigenvalue weighted by atomic mass is 19.1. The van der Waals surface area contributed by atoms with E-state index in [-0.39, 0.29) is 5.82 Å². The van der Waals surface area contributed by atoms with Crippen molar-refractivity contribution in [1.82, 2.24) is 9.97 Å². The third-order valence-corrected chi connectivity index (χ3v) is 4.81. The lowest BCUT2D eigenvalue weighted by Crippen LogP contribution is -2.03. The first-order chi connectivity index (χ1) is 12.3. The van der Waals surface area contributed by atoms with Crippen LogP contribution in [-0.2, 0) is 12.8 Å². The predicted octanol–water partition coefficient (Wildman–Crippen LogP) is 5.49. The molecule has 3 heteroatoms. The summed E-state index contributed by atoms with van der Waals surface area (Å²) in [7, 11) is 0. The molecule has 2 nitrogen and oxygen atoms in total. The second-order valence-electron chi connectivity index (χ2n) is 6.30. The van der Waals surface area contributed by atoms with Crippen LogP contribution in [-0.4, -0.2) is 9.97 Å². The van der Waals surface area contributed by atoms with Crippen LogP contribution >= 0.6 is 0 Å². The van der Waals surface area contributed by atoms with Crippen molar-refractivity contribution in [3.05, 3.63) is 84.2 Å². The summed E-state index contributed by atoms with van der Waals surface area (Å²) in [5.41, 5.74) is 2.96. The SMILES string of the molecule is Fc1cccc2c1ccc1c3c(ccc12)CCCC3.c1cnccn1. The number of hydrogen-bond donors (Lipinski definition) is 0. The molecule has 0 aliphatic heterocycles. The number of nitrogens with zero attached hydrogens (tertiary/aromatic N) is 2. The van der Waals surface area contributed by atoms with Gasteiger partial charge in [-0.15, -0.1) is 0 Å². The predicted molar refractivity (Wildman–Crippen MR) is 100 cm³/mol. The molecule has 1 heterocycles. The number of halogens is 1. The van der Waals surface area contributed by atoms with Crippen LogP contribution in [0.1, 0.15) is 24.0 Å². The van der Waals surface area contributed by atoms with E-state index < -0.39 is 0 Å². The molecule has 1 aromatic heterocycles. The van der Waals surface area contributed by atoms with Gasteiger partial charge < -0.3 is 0 Å². The molecule has 124 valence electrons. The molecule has 0 N–H and O–H groups in total. The van der Waals surface area contributed by atoms with Crippen LogP contribution in [0.2, 0.25) is 0 Å². The Bertz CT molecular complexity index is 986. The zero-order chi connectivity index (χ0) is 17.1.